The fourth-order valence-corrected chi connectivity index (χ4v) is 4.76. The van der Waals surface area contributed by atoms with E-state index < -0.39 is 11.9 Å². The van der Waals surface area contributed by atoms with E-state index in [0.717, 1.165) is 12.1 Å². The molecule has 0 radical (unpaired) electrons. The lowest BCUT2D eigenvalue weighted by atomic mass is 9.76. The Morgan fingerprint density at radius 3 is 1.39 bits per heavy atom. The molecule has 1 heterocycles. The number of carboxylic acids is 1. The SMILES string of the molecule is C=C1CC(C(C)(C)C)C(=O)N1C(C)(C)C.CC(C)(C)C(=O)C(C)(C)C.CC(C)(C)NC(=O)C(CC(=O)O)C(C)(C)C. The third-order valence-electron chi connectivity index (χ3n) is 6.59. The van der Waals surface area contributed by atoms with E-state index in [4.69, 9.17) is 5.11 Å². The lowest BCUT2D eigenvalue weighted by molar-refractivity contribution is -0.144. The van der Waals surface area contributed by atoms with Crippen LogP contribution in [0.3, 0.4) is 0 Å². The number of allylic oxidation sites excluding steroid dienone is 1. The normalized spacial score (nSPS) is 17.6. The third-order valence-corrected chi connectivity index (χ3v) is 6.59. The fraction of sp³-hybridized carbons (Fsp3) is 0.824. The zero-order valence-corrected chi connectivity index (χ0v) is 29.8. The average Bonchev–Trinajstić information content (AvgIpc) is 2.97. The molecule has 2 unspecified atom stereocenters. The van der Waals surface area contributed by atoms with Crippen LogP contribution in [0.5, 0.6) is 0 Å². The summed E-state index contributed by atoms with van der Waals surface area (Å²) in [6, 6.07) is 0. The molecule has 41 heavy (non-hydrogen) atoms. The van der Waals surface area contributed by atoms with Crippen molar-refractivity contribution in [2.75, 3.05) is 0 Å². The molecule has 0 aromatic rings. The van der Waals surface area contributed by atoms with Gasteiger partial charge < -0.3 is 15.3 Å². The highest BCUT2D eigenvalue weighted by molar-refractivity contribution is 5.88. The number of carboxylic acid groups (broad SMARTS) is 1. The van der Waals surface area contributed by atoms with E-state index in [1.165, 1.54) is 0 Å². The van der Waals surface area contributed by atoms with Gasteiger partial charge in [-0.05, 0) is 58.8 Å². The predicted molar refractivity (Wildman–Crippen MR) is 170 cm³/mol. The second-order valence-corrected chi connectivity index (χ2v) is 17.6. The lowest BCUT2D eigenvalue weighted by Crippen LogP contribution is -2.47. The number of amides is 2. The molecule has 240 valence electrons. The number of carbonyl (C=O) groups is 4. The van der Waals surface area contributed by atoms with Crippen molar-refractivity contribution in [3.05, 3.63) is 12.3 Å². The quantitative estimate of drug-likeness (QED) is 0.353. The number of hydrogen-bond donors (Lipinski definition) is 2. The topological polar surface area (TPSA) is 104 Å². The second-order valence-electron chi connectivity index (χ2n) is 17.6. The third kappa shape index (κ3) is 15.0. The number of aliphatic carboxylic acids is 1. The molecular formula is C34H64N2O5. The van der Waals surface area contributed by atoms with Crippen molar-refractivity contribution in [3.8, 4) is 0 Å². The number of ketones is 1. The summed E-state index contributed by atoms with van der Waals surface area (Å²) in [6.07, 6.45) is 0.672. The molecule has 7 heteroatoms. The molecule has 2 atom stereocenters. The molecule has 1 aliphatic heterocycles. The van der Waals surface area contributed by atoms with E-state index in [1.807, 2.05) is 88.0 Å². The highest BCUT2D eigenvalue weighted by Crippen LogP contribution is 2.42. The van der Waals surface area contributed by atoms with Gasteiger partial charge in [0.2, 0.25) is 11.8 Å². The first-order valence-electron chi connectivity index (χ1n) is 14.7. The van der Waals surface area contributed by atoms with Crippen LogP contribution >= 0.6 is 0 Å². The minimum atomic E-state index is -0.941. The summed E-state index contributed by atoms with van der Waals surface area (Å²) in [6.45, 7) is 39.6. The Hall–Kier alpha value is -2.18. The summed E-state index contributed by atoms with van der Waals surface area (Å²) in [4.78, 5) is 48.3. The van der Waals surface area contributed by atoms with Gasteiger partial charge in [-0.3, -0.25) is 19.2 Å². The van der Waals surface area contributed by atoms with Crippen molar-refractivity contribution in [1.29, 1.82) is 0 Å². The van der Waals surface area contributed by atoms with Crippen molar-refractivity contribution in [2.45, 2.75) is 149 Å². The number of rotatable bonds is 3. The van der Waals surface area contributed by atoms with Crippen molar-refractivity contribution < 1.29 is 24.3 Å². The molecule has 1 saturated heterocycles. The average molecular weight is 581 g/mol. The minimum absolute atomic E-state index is 0.0278. The number of hydrogen-bond acceptors (Lipinski definition) is 4. The van der Waals surface area contributed by atoms with E-state index in [1.54, 1.807) is 0 Å². The van der Waals surface area contributed by atoms with Gasteiger partial charge in [-0.1, -0.05) is 89.7 Å². The summed E-state index contributed by atoms with van der Waals surface area (Å²) in [5, 5.41) is 11.6. The molecule has 1 aliphatic rings. The summed E-state index contributed by atoms with van der Waals surface area (Å²) in [5.74, 6) is -1.00. The van der Waals surface area contributed by atoms with Gasteiger partial charge >= 0.3 is 5.97 Å². The summed E-state index contributed by atoms with van der Waals surface area (Å²) in [5.41, 5.74) is -0.232. The van der Waals surface area contributed by atoms with E-state index >= 15 is 0 Å². The molecule has 0 aliphatic carbocycles. The van der Waals surface area contributed by atoms with E-state index in [2.05, 4.69) is 53.4 Å². The smallest absolute Gasteiger partial charge is 0.304 e. The van der Waals surface area contributed by atoms with Gasteiger partial charge in [0, 0.05) is 33.5 Å². The summed E-state index contributed by atoms with van der Waals surface area (Å²) in [7, 11) is 0. The van der Waals surface area contributed by atoms with Crippen LogP contribution < -0.4 is 5.32 Å². The molecule has 7 nitrogen and oxygen atoms in total. The Kier molecular flexibility index (Phi) is 13.8. The monoisotopic (exact) mass is 580 g/mol. The van der Waals surface area contributed by atoms with Crippen LogP contribution in [0.2, 0.25) is 0 Å². The standard InChI is InChI=1S/C13H23NO.C12H23NO3.C9H18O/c1-9-8-10(12(2,3)4)11(15)14(9)13(5,6)7;1-11(2,3)8(7-9(14)15)10(16)13-12(4,5)6;1-8(2,3)7(10)9(4,5)6/h10H,1,8H2,2-7H3;8H,7H2,1-6H3,(H,13,16)(H,14,15);1-6H3. The first kappa shape index (κ1) is 41.0. The molecule has 1 rings (SSSR count). The molecule has 0 spiro atoms. The van der Waals surface area contributed by atoms with Crippen LogP contribution in [0, 0.1) is 33.5 Å². The Balaban J connectivity index is 0. The summed E-state index contributed by atoms with van der Waals surface area (Å²) >= 11 is 0. The maximum Gasteiger partial charge on any atom is 0.304 e. The Labute approximate surface area is 252 Å². The van der Waals surface area contributed by atoms with E-state index in [0.29, 0.717) is 5.78 Å². The van der Waals surface area contributed by atoms with Gasteiger partial charge in [0.25, 0.3) is 0 Å². The number of likely N-dealkylation sites (tertiary alicyclic amines) is 1. The van der Waals surface area contributed by atoms with Gasteiger partial charge in [0.15, 0.2) is 0 Å². The van der Waals surface area contributed by atoms with Crippen molar-refractivity contribution >= 4 is 23.6 Å². The Bertz CT molecular complexity index is 921. The second kappa shape index (κ2) is 13.9. The number of carbonyl (C=O) groups excluding carboxylic acids is 3. The molecule has 0 aromatic carbocycles. The maximum absolute atomic E-state index is 12.3. The van der Waals surface area contributed by atoms with Crippen LogP contribution in [0.1, 0.15) is 137 Å². The summed E-state index contributed by atoms with van der Waals surface area (Å²) < 4.78 is 0. The van der Waals surface area contributed by atoms with E-state index in [-0.39, 0.29) is 56.9 Å². The molecule has 1 fully saturated rings. The molecule has 2 N–H and O–H groups in total. The van der Waals surface area contributed by atoms with Gasteiger partial charge in [-0.2, -0.15) is 0 Å². The highest BCUT2D eigenvalue weighted by atomic mass is 16.4. The van der Waals surface area contributed by atoms with Crippen molar-refractivity contribution in [3.63, 3.8) is 0 Å². The lowest BCUT2D eigenvalue weighted by Gasteiger charge is -2.34. The minimum Gasteiger partial charge on any atom is -0.481 e. The molecular weight excluding hydrogens is 516 g/mol. The first-order valence-corrected chi connectivity index (χ1v) is 14.7. The van der Waals surface area contributed by atoms with Crippen LogP contribution in [-0.2, 0) is 19.2 Å². The van der Waals surface area contributed by atoms with Crippen LogP contribution in [0.25, 0.3) is 0 Å². The van der Waals surface area contributed by atoms with Gasteiger partial charge in [0.05, 0.1) is 12.3 Å². The van der Waals surface area contributed by atoms with Gasteiger partial charge in [0.1, 0.15) is 5.78 Å². The van der Waals surface area contributed by atoms with Crippen molar-refractivity contribution in [1.82, 2.24) is 10.2 Å². The van der Waals surface area contributed by atoms with Gasteiger partial charge in [-0.15, -0.1) is 0 Å². The van der Waals surface area contributed by atoms with Crippen molar-refractivity contribution in [2.24, 2.45) is 33.5 Å². The van der Waals surface area contributed by atoms with Crippen LogP contribution in [0.4, 0.5) is 0 Å². The number of Topliss-reactive ketones (excluding diaryl/α,β-unsaturated/α-hetero) is 1. The van der Waals surface area contributed by atoms with E-state index in [9.17, 15) is 19.2 Å². The first-order chi connectivity index (χ1) is 17.6. The molecule has 0 saturated carbocycles. The fourth-order valence-electron chi connectivity index (χ4n) is 4.76. The predicted octanol–water partition coefficient (Wildman–Crippen LogP) is 7.88. The molecule has 2 amide bonds. The zero-order chi connectivity index (χ0) is 33.7. The Morgan fingerprint density at radius 2 is 1.22 bits per heavy atom. The number of nitrogens with one attached hydrogen (secondary N) is 1. The molecule has 0 aromatic heterocycles. The zero-order valence-electron chi connectivity index (χ0n) is 29.8. The Morgan fingerprint density at radius 1 is 0.829 bits per heavy atom. The van der Waals surface area contributed by atoms with Crippen LogP contribution in [-0.4, -0.2) is 44.7 Å². The number of nitrogens with zero attached hydrogens (tertiary/aromatic N) is 1. The largest absolute Gasteiger partial charge is 0.481 e. The highest BCUT2D eigenvalue weighted by Gasteiger charge is 2.45. The van der Waals surface area contributed by atoms with Gasteiger partial charge in [-0.25, -0.2) is 0 Å². The maximum atomic E-state index is 12.3. The van der Waals surface area contributed by atoms with Crippen LogP contribution in [0.15, 0.2) is 12.3 Å². The molecule has 0 bridgehead atoms.